The summed E-state index contributed by atoms with van der Waals surface area (Å²) >= 11 is 0. The molecule has 0 spiro atoms. The largest absolute Gasteiger partial charge is 0.481 e. The molecule has 8 nitrogen and oxygen atoms in total. The van der Waals surface area contributed by atoms with E-state index in [0.29, 0.717) is 0 Å². The molecule has 1 atom stereocenters. The van der Waals surface area contributed by atoms with Crippen LogP contribution in [0, 0.1) is 0 Å². The molecule has 0 saturated carbocycles. The van der Waals surface area contributed by atoms with Crippen LogP contribution in [0.3, 0.4) is 0 Å². The molecule has 0 fully saturated rings. The second-order valence-electron chi connectivity index (χ2n) is 3.78. The number of hydrogen-bond acceptors (Lipinski definition) is 5. The fraction of sp³-hybridized carbons (Fsp3) is 0.364. The van der Waals surface area contributed by atoms with Crippen LogP contribution in [0.15, 0.2) is 18.5 Å². The van der Waals surface area contributed by atoms with Crippen LogP contribution in [0.4, 0.5) is 0 Å². The Hall–Kier alpha value is -2.51. The van der Waals surface area contributed by atoms with Gasteiger partial charge in [0, 0.05) is 6.42 Å². The predicted molar refractivity (Wildman–Crippen MR) is 62.4 cm³/mol. The molecule has 1 rings (SSSR count). The molecule has 0 bridgehead atoms. The van der Waals surface area contributed by atoms with Gasteiger partial charge in [0.05, 0.1) is 18.0 Å². The van der Waals surface area contributed by atoms with E-state index in [1.807, 2.05) is 0 Å². The zero-order valence-electron chi connectivity index (χ0n) is 9.94. The van der Waals surface area contributed by atoms with Gasteiger partial charge in [-0.1, -0.05) is 0 Å². The monoisotopic (exact) mass is 267 g/mol. The first kappa shape index (κ1) is 14.6. The Morgan fingerprint density at radius 2 is 2.00 bits per heavy atom. The lowest BCUT2D eigenvalue weighted by molar-refractivity contribution is -0.140. The van der Waals surface area contributed by atoms with Crippen molar-refractivity contribution in [3.05, 3.63) is 24.0 Å². The minimum absolute atomic E-state index is 0.0475. The fourth-order valence-electron chi connectivity index (χ4n) is 1.38. The van der Waals surface area contributed by atoms with E-state index in [9.17, 15) is 14.4 Å². The first-order valence-corrected chi connectivity index (χ1v) is 5.53. The molecule has 1 aromatic heterocycles. The molecule has 0 aliphatic heterocycles. The van der Waals surface area contributed by atoms with Crippen molar-refractivity contribution in [3.63, 3.8) is 0 Å². The molecular formula is C11H13N3O5. The second-order valence-corrected chi connectivity index (χ2v) is 3.78. The number of nitrogens with zero attached hydrogens (tertiary/aromatic N) is 2. The summed E-state index contributed by atoms with van der Waals surface area (Å²) in [6.45, 7) is 0. The summed E-state index contributed by atoms with van der Waals surface area (Å²) in [6, 6.07) is 0.276. The zero-order chi connectivity index (χ0) is 14.3. The number of nitrogens with one attached hydrogen (secondary N) is 1. The average Bonchev–Trinajstić information content (AvgIpc) is 2.37. The third-order valence-corrected chi connectivity index (χ3v) is 2.33. The van der Waals surface area contributed by atoms with Gasteiger partial charge in [-0.2, -0.15) is 10.2 Å². The Morgan fingerprint density at radius 3 is 2.53 bits per heavy atom. The van der Waals surface area contributed by atoms with Crippen LogP contribution in [0.25, 0.3) is 0 Å². The van der Waals surface area contributed by atoms with Crippen LogP contribution in [0.1, 0.15) is 29.6 Å². The third-order valence-electron chi connectivity index (χ3n) is 2.33. The van der Waals surface area contributed by atoms with Gasteiger partial charge in [-0.05, 0) is 18.9 Å². The van der Waals surface area contributed by atoms with Crippen molar-refractivity contribution in [3.8, 4) is 0 Å². The molecule has 8 heteroatoms. The lowest BCUT2D eigenvalue weighted by Crippen LogP contribution is -2.40. The SMILES string of the molecule is O=C(O)CCC[C@@H](NC(=O)c1ccnnc1)C(=O)O. The zero-order valence-corrected chi connectivity index (χ0v) is 9.94. The predicted octanol–water partition coefficient (Wildman–Crippen LogP) is -0.0855. The van der Waals surface area contributed by atoms with Gasteiger partial charge in [0.25, 0.3) is 5.91 Å². The molecule has 102 valence electrons. The van der Waals surface area contributed by atoms with E-state index in [2.05, 4.69) is 15.5 Å². The maximum absolute atomic E-state index is 11.7. The first-order chi connectivity index (χ1) is 9.00. The van der Waals surface area contributed by atoms with Crippen LogP contribution in [-0.4, -0.2) is 44.3 Å². The maximum Gasteiger partial charge on any atom is 0.326 e. The number of aromatic nitrogens is 2. The summed E-state index contributed by atoms with van der Waals surface area (Å²) in [5.41, 5.74) is 0.194. The normalized spacial score (nSPS) is 11.6. The molecule has 1 amide bonds. The molecule has 1 aromatic rings. The number of rotatable bonds is 7. The number of amides is 1. The Labute approximate surface area is 108 Å². The minimum atomic E-state index is -1.21. The quantitative estimate of drug-likeness (QED) is 0.629. The molecule has 0 radical (unpaired) electrons. The third kappa shape index (κ3) is 5.11. The Kier molecular flexibility index (Phi) is 5.39. The highest BCUT2D eigenvalue weighted by Gasteiger charge is 2.20. The van der Waals surface area contributed by atoms with E-state index < -0.39 is 23.9 Å². The van der Waals surface area contributed by atoms with E-state index in [1.165, 1.54) is 18.5 Å². The first-order valence-electron chi connectivity index (χ1n) is 5.53. The second kappa shape index (κ2) is 7.04. The summed E-state index contributed by atoms with van der Waals surface area (Å²) in [6.07, 6.45) is 2.60. The van der Waals surface area contributed by atoms with Crippen LogP contribution < -0.4 is 5.32 Å². The average molecular weight is 267 g/mol. The Balaban J connectivity index is 2.56. The Bertz CT molecular complexity index is 463. The molecule has 0 unspecified atom stereocenters. The molecule has 1 heterocycles. The molecule has 0 saturated heterocycles. The van der Waals surface area contributed by atoms with Crippen molar-refractivity contribution < 1.29 is 24.6 Å². The van der Waals surface area contributed by atoms with Crippen LogP contribution in [0.5, 0.6) is 0 Å². The number of carbonyl (C=O) groups excluding carboxylic acids is 1. The number of carboxylic acid groups (broad SMARTS) is 2. The van der Waals surface area contributed by atoms with Gasteiger partial charge in [0.2, 0.25) is 0 Å². The van der Waals surface area contributed by atoms with E-state index in [-0.39, 0.29) is 24.8 Å². The Morgan fingerprint density at radius 1 is 1.26 bits per heavy atom. The van der Waals surface area contributed by atoms with Gasteiger partial charge in [0.15, 0.2) is 0 Å². The molecule has 0 aliphatic carbocycles. The molecule has 0 aromatic carbocycles. The highest BCUT2D eigenvalue weighted by molar-refractivity contribution is 5.96. The standard InChI is InChI=1S/C11H13N3O5/c15-9(16)3-1-2-8(11(18)19)14-10(17)7-4-5-12-13-6-7/h4-6,8H,1-3H2,(H,14,17)(H,15,16)(H,18,19)/t8-/m1/s1. The molecule has 19 heavy (non-hydrogen) atoms. The summed E-state index contributed by atoms with van der Waals surface area (Å²) in [4.78, 5) is 33.0. The molecular weight excluding hydrogens is 254 g/mol. The van der Waals surface area contributed by atoms with Crippen LogP contribution >= 0.6 is 0 Å². The fourth-order valence-corrected chi connectivity index (χ4v) is 1.38. The van der Waals surface area contributed by atoms with Gasteiger partial charge in [-0.25, -0.2) is 4.79 Å². The highest BCUT2D eigenvalue weighted by atomic mass is 16.4. The summed E-state index contributed by atoms with van der Waals surface area (Å²) in [7, 11) is 0. The number of carboxylic acids is 2. The van der Waals surface area contributed by atoms with Gasteiger partial charge >= 0.3 is 11.9 Å². The van der Waals surface area contributed by atoms with Crippen molar-refractivity contribution in [1.29, 1.82) is 0 Å². The molecule has 3 N–H and O–H groups in total. The highest BCUT2D eigenvalue weighted by Crippen LogP contribution is 2.03. The lowest BCUT2D eigenvalue weighted by Gasteiger charge is -2.13. The minimum Gasteiger partial charge on any atom is -0.481 e. The van der Waals surface area contributed by atoms with Crippen LogP contribution in [0.2, 0.25) is 0 Å². The van der Waals surface area contributed by atoms with Crippen molar-refractivity contribution in [2.75, 3.05) is 0 Å². The van der Waals surface area contributed by atoms with Gasteiger partial charge in [0.1, 0.15) is 6.04 Å². The van der Waals surface area contributed by atoms with Gasteiger partial charge < -0.3 is 15.5 Å². The maximum atomic E-state index is 11.7. The summed E-state index contributed by atoms with van der Waals surface area (Å²) < 4.78 is 0. The molecule has 0 aliphatic rings. The number of aliphatic carboxylic acids is 2. The topological polar surface area (TPSA) is 129 Å². The summed E-state index contributed by atoms with van der Waals surface area (Å²) in [5.74, 6) is -2.80. The summed E-state index contributed by atoms with van der Waals surface area (Å²) in [5, 5.41) is 26.7. The van der Waals surface area contributed by atoms with E-state index in [1.54, 1.807) is 0 Å². The smallest absolute Gasteiger partial charge is 0.326 e. The van der Waals surface area contributed by atoms with Crippen molar-refractivity contribution in [2.45, 2.75) is 25.3 Å². The van der Waals surface area contributed by atoms with Crippen molar-refractivity contribution in [1.82, 2.24) is 15.5 Å². The number of carbonyl (C=O) groups is 3. The van der Waals surface area contributed by atoms with Gasteiger partial charge in [-0.15, -0.1) is 0 Å². The van der Waals surface area contributed by atoms with Gasteiger partial charge in [-0.3, -0.25) is 9.59 Å². The van der Waals surface area contributed by atoms with Crippen molar-refractivity contribution in [2.24, 2.45) is 0 Å². The lowest BCUT2D eigenvalue weighted by atomic mass is 10.1. The van der Waals surface area contributed by atoms with E-state index in [0.717, 1.165) is 0 Å². The van der Waals surface area contributed by atoms with Crippen molar-refractivity contribution >= 4 is 17.8 Å². The van der Waals surface area contributed by atoms with E-state index >= 15 is 0 Å². The van der Waals surface area contributed by atoms with Crippen LogP contribution in [-0.2, 0) is 9.59 Å². The number of hydrogen-bond donors (Lipinski definition) is 3. The van der Waals surface area contributed by atoms with E-state index in [4.69, 9.17) is 10.2 Å².